The molecule has 0 aromatic carbocycles. The first-order valence-corrected chi connectivity index (χ1v) is 8.00. The number of ketones is 1. The lowest BCUT2D eigenvalue weighted by Crippen LogP contribution is -2.48. The van der Waals surface area contributed by atoms with E-state index in [0.717, 1.165) is 5.56 Å². The lowest BCUT2D eigenvalue weighted by atomic mass is 9.91. The molecule has 0 amide bonds. The number of hydrogen-bond acceptors (Lipinski definition) is 6. The Kier molecular flexibility index (Phi) is 4.07. The summed E-state index contributed by atoms with van der Waals surface area (Å²) in [4.78, 5) is 27.5. The van der Waals surface area contributed by atoms with Crippen LogP contribution in [0.15, 0.2) is 18.3 Å². The largest absolute Gasteiger partial charge is 0.490 e. The van der Waals surface area contributed by atoms with Crippen LogP contribution in [0, 0.1) is 5.92 Å². The molecule has 0 unspecified atom stereocenters. The summed E-state index contributed by atoms with van der Waals surface area (Å²) in [7, 11) is 0. The average molecular weight is 331 g/mol. The fourth-order valence-corrected chi connectivity index (χ4v) is 2.81. The second-order valence-corrected chi connectivity index (χ2v) is 6.81. The van der Waals surface area contributed by atoms with Crippen molar-refractivity contribution < 1.29 is 23.8 Å². The molecule has 1 aromatic heterocycles. The normalized spacial score (nSPS) is 25.0. The molecule has 1 aromatic rings. The maximum absolute atomic E-state index is 11.9. The van der Waals surface area contributed by atoms with Crippen molar-refractivity contribution in [3.05, 3.63) is 29.6 Å². The van der Waals surface area contributed by atoms with Crippen molar-refractivity contribution in [2.45, 2.75) is 45.8 Å². The molecule has 3 heterocycles. The minimum Gasteiger partial charge on any atom is -0.490 e. The van der Waals surface area contributed by atoms with Crippen molar-refractivity contribution in [2.75, 3.05) is 6.61 Å². The first kappa shape index (κ1) is 16.5. The van der Waals surface area contributed by atoms with Gasteiger partial charge < -0.3 is 14.2 Å². The number of rotatable bonds is 2. The molecular formula is C18H21NO5. The molecule has 6 nitrogen and oxygen atoms in total. The minimum absolute atomic E-state index is 0.0333. The summed E-state index contributed by atoms with van der Waals surface area (Å²) in [5.74, 6) is 0.681. The van der Waals surface area contributed by atoms with Crippen LogP contribution < -0.4 is 4.74 Å². The molecule has 2 aliphatic rings. The summed E-state index contributed by atoms with van der Waals surface area (Å²) < 4.78 is 17.0. The van der Waals surface area contributed by atoms with Crippen molar-refractivity contribution >= 4 is 17.5 Å². The Bertz CT molecular complexity index is 722. The Morgan fingerprint density at radius 1 is 1.42 bits per heavy atom. The van der Waals surface area contributed by atoms with Gasteiger partial charge in [-0.15, -0.1) is 0 Å². The van der Waals surface area contributed by atoms with E-state index in [1.807, 2.05) is 26.8 Å². The highest BCUT2D eigenvalue weighted by Crippen LogP contribution is 2.36. The van der Waals surface area contributed by atoms with Gasteiger partial charge in [-0.2, -0.15) is 0 Å². The van der Waals surface area contributed by atoms with Crippen molar-refractivity contribution in [1.82, 2.24) is 4.98 Å². The third kappa shape index (κ3) is 3.13. The monoisotopic (exact) mass is 331 g/mol. The number of pyridine rings is 1. The van der Waals surface area contributed by atoms with Gasteiger partial charge in [-0.3, -0.25) is 9.59 Å². The number of hydrogen-bond donors (Lipinski definition) is 0. The first-order valence-electron chi connectivity index (χ1n) is 8.00. The van der Waals surface area contributed by atoms with Gasteiger partial charge in [0.25, 0.3) is 0 Å². The van der Waals surface area contributed by atoms with Crippen molar-refractivity contribution in [1.29, 1.82) is 0 Å². The molecule has 3 rings (SSSR count). The van der Waals surface area contributed by atoms with E-state index >= 15 is 0 Å². The molecule has 0 radical (unpaired) electrons. The molecular weight excluding hydrogens is 310 g/mol. The topological polar surface area (TPSA) is 74.7 Å². The van der Waals surface area contributed by atoms with Crippen LogP contribution in [0.3, 0.4) is 0 Å². The van der Waals surface area contributed by atoms with Crippen LogP contribution in [0.5, 0.6) is 5.75 Å². The number of fused-ring (bicyclic) bond motifs is 1. The molecule has 2 aliphatic heterocycles. The Balaban J connectivity index is 1.90. The zero-order chi connectivity index (χ0) is 17.5. The van der Waals surface area contributed by atoms with E-state index in [4.69, 9.17) is 14.2 Å². The molecule has 24 heavy (non-hydrogen) atoms. The van der Waals surface area contributed by atoms with Gasteiger partial charge in [0, 0.05) is 25.0 Å². The number of aromatic nitrogens is 1. The van der Waals surface area contributed by atoms with Gasteiger partial charge in [-0.1, -0.05) is 6.92 Å². The average Bonchev–Trinajstić information content (AvgIpc) is 2.49. The number of carbonyl (C=O) groups is 2. The number of allylic oxidation sites excluding steroid dienone is 1. The van der Waals surface area contributed by atoms with E-state index in [1.54, 1.807) is 6.20 Å². The summed E-state index contributed by atoms with van der Waals surface area (Å²) in [5, 5.41) is 0. The smallest absolute Gasteiger partial charge is 0.303 e. The predicted octanol–water partition coefficient (Wildman–Crippen LogP) is 2.30. The predicted molar refractivity (Wildman–Crippen MR) is 86.3 cm³/mol. The van der Waals surface area contributed by atoms with Gasteiger partial charge in [0.05, 0.1) is 18.7 Å². The van der Waals surface area contributed by atoms with Gasteiger partial charge in [0.1, 0.15) is 28.9 Å². The Morgan fingerprint density at radius 2 is 2.17 bits per heavy atom. The van der Waals surface area contributed by atoms with Crippen LogP contribution in [0.2, 0.25) is 0 Å². The summed E-state index contributed by atoms with van der Waals surface area (Å²) in [5.41, 5.74) is 0.827. The number of ether oxygens (including phenoxy) is 3. The molecule has 0 fully saturated rings. The molecule has 6 heteroatoms. The number of esters is 1. The Morgan fingerprint density at radius 3 is 2.83 bits per heavy atom. The summed E-state index contributed by atoms with van der Waals surface area (Å²) in [6.45, 7) is 7.32. The Labute approximate surface area is 140 Å². The van der Waals surface area contributed by atoms with Crippen molar-refractivity contribution in [2.24, 2.45) is 5.92 Å². The standard InChI is InChI=1S/C18H21NO5/c1-10-9-22-15(7-14(10)21)13-5-12-6-17(23-11(2)20)18(3,4)24-16(12)8-19-13/h5,7-8,10,17H,6,9H2,1-4H3/t10-,17-/m1/s1. The molecule has 0 saturated heterocycles. The highest BCUT2D eigenvalue weighted by atomic mass is 16.6. The van der Waals surface area contributed by atoms with Crippen LogP contribution in [0.25, 0.3) is 5.76 Å². The Hall–Kier alpha value is -2.37. The molecule has 0 N–H and O–H groups in total. The van der Waals surface area contributed by atoms with Gasteiger partial charge in [-0.05, 0) is 19.9 Å². The maximum Gasteiger partial charge on any atom is 0.303 e. The van der Waals surface area contributed by atoms with E-state index < -0.39 is 5.60 Å². The number of carbonyl (C=O) groups excluding carboxylic acids is 2. The van der Waals surface area contributed by atoms with Crippen LogP contribution >= 0.6 is 0 Å². The fourth-order valence-electron chi connectivity index (χ4n) is 2.81. The second kappa shape index (κ2) is 5.92. The fraction of sp³-hybridized carbons (Fsp3) is 0.500. The third-order valence-electron chi connectivity index (χ3n) is 4.31. The van der Waals surface area contributed by atoms with Crippen LogP contribution in [-0.4, -0.2) is 35.0 Å². The minimum atomic E-state index is -0.631. The van der Waals surface area contributed by atoms with Crippen LogP contribution in [-0.2, 0) is 25.5 Å². The third-order valence-corrected chi connectivity index (χ3v) is 4.31. The van der Waals surface area contributed by atoms with E-state index in [0.29, 0.717) is 30.2 Å². The SMILES string of the molecule is CC(=O)O[C@@H]1Cc2cc(C3=CC(=O)[C@H](C)CO3)ncc2OC1(C)C. The van der Waals surface area contributed by atoms with E-state index in [-0.39, 0.29) is 23.8 Å². The second-order valence-electron chi connectivity index (χ2n) is 6.81. The summed E-state index contributed by atoms with van der Waals surface area (Å²) >= 11 is 0. The van der Waals surface area contributed by atoms with Crippen molar-refractivity contribution in [3.8, 4) is 5.75 Å². The van der Waals surface area contributed by atoms with Crippen LogP contribution in [0.4, 0.5) is 0 Å². The van der Waals surface area contributed by atoms with Gasteiger partial charge >= 0.3 is 5.97 Å². The molecule has 0 aliphatic carbocycles. The first-order chi connectivity index (χ1) is 11.3. The van der Waals surface area contributed by atoms with Gasteiger partial charge in [-0.25, -0.2) is 4.98 Å². The van der Waals surface area contributed by atoms with Crippen molar-refractivity contribution in [3.63, 3.8) is 0 Å². The molecule has 0 saturated carbocycles. The van der Waals surface area contributed by atoms with Gasteiger partial charge in [0.2, 0.25) is 0 Å². The zero-order valence-corrected chi connectivity index (χ0v) is 14.3. The molecule has 2 atom stereocenters. The van der Waals surface area contributed by atoms with Crippen LogP contribution in [0.1, 0.15) is 39.0 Å². The molecule has 0 bridgehead atoms. The van der Waals surface area contributed by atoms with Gasteiger partial charge in [0.15, 0.2) is 5.78 Å². The van der Waals surface area contributed by atoms with E-state index in [1.165, 1.54) is 13.0 Å². The molecule has 128 valence electrons. The highest BCUT2D eigenvalue weighted by Gasteiger charge is 2.39. The lowest BCUT2D eigenvalue weighted by molar-refractivity contribution is -0.158. The summed E-state index contributed by atoms with van der Waals surface area (Å²) in [6.07, 6.45) is 3.25. The van der Waals surface area contributed by atoms with E-state index in [9.17, 15) is 9.59 Å². The summed E-state index contributed by atoms with van der Waals surface area (Å²) in [6, 6.07) is 1.83. The zero-order valence-electron chi connectivity index (χ0n) is 14.3. The number of nitrogens with zero attached hydrogens (tertiary/aromatic N) is 1. The maximum atomic E-state index is 11.9. The van der Waals surface area contributed by atoms with E-state index in [2.05, 4.69) is 4.98 Å². The quantitative estimate of drug-likeness (QED) is 0.774. The molecule has 0 spiro atoms. The highest BCUT2D eigenvalue weighted by molar-refractivity contribution is 5.98. The lowest BCUT2D eigenvalue weighted by Gasteiger charge is -2.39.